The summed E-state index contributed by atoms with van der Waals surface area (Å²) in [5, 5.41) is 12.6. The molecule has 78 valence electrons. The largest absolute Gasteiger partial charge is 0.383 e. The molecule has 0 aromatic carbocycles. The number of rotatable bonds is 1. The van der Waals surface area contributed by atoms with Crippen LogP contribution in [0.15, 0.2) is 11.4 Å². The smallest absolute Gasteiger partial charge is 0.113 e. The van der Waals surface area contributed by atoms with E-state index in [0.717, 1.165) is 17.8 Å². The lowest BCUT2D eigenvalue weighted by atomic mass is 9.96. The average molecular weight is 211 g/mol. The van der Waals surface area contributed by atoms with E-state index in [4.69, 9.17) is 0 Å². The van der Waals surface area contributed by atoms with E-state index in [0.29, 0.717) is 6.04 Å². The van der Waals surface area contributed by atoms with Crippen LogP contribution in [0, 0.1) is 6.92 Å². The van der Waals surface area contributed by atoms with Crippen molar-refractivity contribution >= 4 is 11.3 Å². The fraction of sp³-hybridized carbons (Fsp3) is 0.636. The molecule has 2 nitrogen and oxygen atoms in total. The minimum Gasteiger partial charge on any atom is -0.383 e. The van der Waals surface area contributed by atoms with Gasteiger partial charge in [-0.2, -0.15) is 0 Å². The highest BCUT2D eigenvalue weighted by Gasteiger charge is 2.41. The van der Waals surface area contributed by atoms with Crippen LogP contribution in [0.2, 0.25) is 0 Å². The summed E-state index contributed by atoms with van der Waals surface area (Å²) in [5.74, 6) is 0. The molecule has 2 rings (SSSR count). The van der Waals surface area contributed by atoms with E-state index in [1.165, 1.54) is 5.56 Å². The first kappa shape index (κ1) is 10.1. The van der Waals surface area contributed by atoms with Gasteiger partial charge in [0.15, 0.2) is 0 Å². The third-order valence-electron chi connectivity index (χ3n) is 3.18. The SMILES string of the molecule is Cc1ccsc1C1(O)CC(C)N(C)C1. The molecular formula is C11H17NOS. The van der Waals surface area contributed by atoms with Gasteiger partial charge in [-0.1, -0.05) is 0 Å². The second-order valence-electron chi connectivity index (χ2n) is 4.43. The summed E-state index contributed by atoms with van der Waals surface area (Å²) >= 11 is 1.67. The maximum absolute atomic E-state index is 10.5. The molecule has 1 fully saturated rings. The van der Waals surface area contributed by atoms with E-state index in [2.05, 4.69) is 37.2 Å². The Morgan fingerprint density at radius 2 is 2.36 bits per heavy atom. The van der Waals surface area contributed by atoms with Crippen molar-refractivity contribution in [2.75, 3.05) is 13.6 Å². The summed E-state index contributed by atoms with van der Waals surface area (Å²) in [6.45, 7) is 5.00. The maximum Gasteiger partial charge on any atom is 0.113 e. The zero-order valence-corrected chi connectivity index (χ0v) is 9.77. The summed E-state index contributed by atoms with van der Waals surface area (Å²) in [7, 11) is 2.07. The van der Waals surface area contributed by atoms with Gasteiger partial charge in [0.2, 0.25) is 0 Å². The van der Waals surface area contributed by atoms with E-state index in [1.807, 2.05) is 0 Å². The molecule has 0 amide bonds. The molecular weight excluding hydrogens is 194 g/mol. The minimum absolute atomic E-state index is 0.474. The molecule has 2 heterocycles. The molecule has 14 heavy (non-hydrogen) atoms. The number of thiophene rings is 1. The predicted octanol–water partition coefficient (Wildman–Crippen LogP) is 1.97. The van der Waals surface area contributed by atoms with E-state index < -0.39 is 5.60 Å². The molecule has 1 aliphatic heterocycles. The molecule has 1 aliphatic rings. The molecule has 1 saturated heterocycles. The maximum atomic E-state index is 10.5. The third-order valence-corrected chi connectivity index (χ3v) is 4.39. The summed E-state index contributed by atoms with van der Waals surface area (Å²) in [4.78, 5) is 3.37. The second kappa shape index (κ2) is 3.33. The lowest BCUT2D eigenvalue weighted by molar-refractivity contribution is 0.0518. The van der Waals surface area contributed by atoms with Crippen molar-refractivity contribution in [3.63, 3.8) is 0 Å². The van der Waals surface area contributed by atoms with Crippen LogP contribution in [0.5, 0.6) is 0 Å². The molecule has 0 bridgehead atoms. The second-order valence-corrected chi connectivity index (χ2v) is 5.35. The van der Waals surface area contributed by atoms with Crippen molar-refractivity contribution in [2.24, 2.45) is 0 Å². The molecule has 1 aromatic heterocycles. The lowest BCUT2D eigenvalue weighted by Gasteiger charge is -2.21. The van der Waals surface area contributed by atoms with Crippen molar-refractivity contribution < 1.29 is 5.11 Å². The van der Waals surface area contributed by atoms with Crippen LogP contribution in [0.4, 0.5) is 0 Å². The zero-order chi connectivity index (χ0) is 10.3. The van der Waals surface area contributed by atoms with Crippen molar-refractivity contribution in [1.29, 1.82) is 0 Å². The molecule has 1 aromatic rings. The Labute approximate surface area is 89.2 Å². The molecule has 3 heteroatoms. The highest BCUT2D eigenvalue weighted by molar-refractivity contribution is 7.10. The van der Waals surface area contributed by atoms with Gasteiger partial charge in [0, 0.05) is 17.5 Å². The number of likely N-dealkylation sites (N-methyl/N-ethyl adjacent to an activating group) is 1. The highest BCUT2D eigenvalue weighted by atomic mass is 32.1. The van der Waals surface area contributed by atoms with Gasteiger partial charge >= 0.3 is 0 Å². The summed E-state index contributed by atoms with van der Waals surface area (Å²) in [6, 6.07) is 2.56. The fourth-order valence-electron chi connectivity index (χ4n) is 2.29. The molecule has 1 N–H and O–H groups in total. The molecule has 2 unspecified atom stereocenters. The molecule has 0 saturated carbocycles. The molecule has 0 radical (unpaired) electrons. The Balaban J connectivity index is 2.31. The predicted molar refractivity (Wildman–Crippen MR) is 59.7 cm³/mol. The van der Waals surface area contributed by atoms with Crippen LogP contribution in [0.3, 0.4) is 0 Å². The Morgan fingerprint density at radius 3 is 2.79 bits per heavy atom. The summed E-state index contributed by atoms with van der Waals surface area (Å²) in [5.41, 5.74) is 0.617. The van der Waals surface area contributed by atoms with E-state index in [9.17, 15) is 5.11 Å². The van der Waals surface area contributed by atoms with Gasteiger partial charge in [-0.15, -0.1) is 11.3 Å². The number of nitrogens with zero attached hydrogens (tertiary/aromatic N) is 1. The third kappa shape index (κ3) is 1.49. The van der Waals surface area contributed by atoms with Crippen molar-refractivity contribution in [3.05, 3.63) is 21.9 Å². The van der Waals surface area contributed by atoms with E-state index >= 15 is 0 Å². The minimum atomic E-state index is -0.605. The number of β-amino-alcohol motifs (C(OH)–C–C–N with tert-alkyl or cyclic N) is 1. The number of hydrogen-bond donors (Lipinski definition) is 1. The van der Waals surface area contributed by atoms with Gasteiger partial charge in [0.25, 0.3) is 0 Å². The van der Waals surface area contributed by atoms with Crippen LogP contribution < -0.4 is 0 Å². The summed E-state index contributed by atoms with van der Waals surface area (Å²) < 4.78 is 0. The monoisotopic (exact) mass is 211 g/mol. The first-order valence-electron chi connectivity index (χ1n) is 5.00. The van der Waals surface area contributed by atoms with Crippen LogP contribution in [0.25, 0.3) is 0 Å². The first-order valence-corrected chi connectivity index (χ1v) is 5.88. The van der Waals surface area contributed by atoms with Gasteiger partial charge in [-0.3, -0.25) is 0 Å². The van der Waals surface area contributed by atoms with E-state index in [1.54, 1.807) is 11.3 Å². The van der Waals surface area contributed by atoms with Gasteiger partial charge in [-0.05, 0) is 44.3 Å². The summed E-state index contributed by atoms with van der Waals surface area (Å²) in [6.07, 6.45) is 0.852. The van der Waals surface area contributed by atoms with Gasteiger partial charge in [0.05, 0.1) is 0 Å². The van der Waals surface area contributed by atoms with Crippen molar-refractivity contribution in [2.45, 2.75) is 31.9 Å². The number of likely N-dealkylation sites (tertiary alicyclic amines) is 1. The zero-order valence-electron chi connectivity index (χ0n) is 8.95. The molecule has 0 aliphatic carbocycles. The Hall–Kier alpha value is -0.380. The molecule has 0 spiro atoms. The van der Waals surface area contributed by atoms with Crippen molar-refractivity contribution in [1.82, 2.24) is 4.90 Å². The van der Waals surface area contributed by atoms with Crippen molar-refractivity contribution in [3.8, 4) is 0 Å². The van der Waals surface area contributed by atoms with Gasteiger partial charge < -0.3 is 10.0 Å². The quantitative estimate of drug-likeness (QED) is 0.767. The molecule has 2 atom stereocenters. The standard InChI is InChI=1S/C11H17NOS/c1-8-4-5-14-10(8)11(13)6-9(2)12(3)7-11/h4-5,9,13H,6-7H2,1-3H3. The van der Waals surface area contributed by atoms with Gasteiger partial charge in [-0.25, -0.2) is 0 Å². The number of aliphatic hydroxyl groups is 1. The topological polar surface area (TPSA) is 23.5 Å². The fourth-order valence-corrected chi connectivity index (χ4v) is 3.32. The van der Waals surface area contributed by atoms with Gasteiger partial charge in [0.1, 0.15) is 5.60 Å². The first-order chi connectivity index (χ1) is 6.53. The Morgan fingerprint density at radius 1 is 1.64 bits per heavy atom. The Kier molecular flexibility index (Phi) is 2.41. The normalized spacial score (nSPS) is 33.9. The number of aryl methyl sites for hydroxylation is 1. The lowest BCUT2D eigenvalue weighted by Crippen LogP contribution is -2.29. The Bertz CT molecular complexity index is 324. The average Bonchev–Trinajstić information content (AvgIpc) is 2.59. The van der Waals surface area contributed by atoms with Crippen LogP contribution >= 0.6 is 11.3 Å². The highest BCUT2D eigenvalue weighted by Crippen LogP contribution is 2.38. The number of hydrogen-bond acceptors (Lipinski definition) is 3. The van der Waals surface area contributed by atoms with E-state index in [-0.39, 0.29) is 0 Å². The van der Waals surface area contributed by atoms with Crippen LogP contribution in [-0.4, -0.2) is 29.6 Å². The van der Waals surface area contributed by atoms with Crippen LogP contribution in [-0.2, 0) is 5.60 Å². The van der Waals surface area contributed by atoms with Crippen LogP contribution in [0.1, 0.15) is 23.8 Å².